The molecule has 96 valence electrons. The summed E-state index contributed by atoms with van der Waals surface area (Å²) in [5.74, 6) is 0. The monoisotopic (exact) mass is 245 g/mol. The van der Waals surface area contributed by atoms with Crippen molar-refractivity contribution >= 4 is 0 Å². The summed E-state index contributed by atoms with van der Waals surface area (Å²) in [7, 11) is 2.03. The SMILES string of the molecule is Cc1[nH]cnc1CNC1CCCc2c1cnn2C. The van der Waals surface area contributed by atoms with Gasteiger partial charge in [0, 0.05) is 36.6 Å². The maximum Gasteiger partial charge on any atom is 0.0925 e. The highest BCUT2D eigenvalue weighted by Crippen LogP contribution is 2.29. The molecule has 0 amide bonds. The van der Waals surface area contributed by atoms with Gasteiger partial charge in [-0.05, 0) is 26.2 Å². The van der Waals surface area contributed by atoms with Crippen LogP contribution in [0.2, 0.25) is 0 Å². The maximum absolute atomic E-state index is 4.37. The molecular formula is C13H19N5. The molecule has 2 aromatic heterocycles. The molecule has 1 aliphatic carbocycles. The molecule has 2 N–H and O–H groups in total. The lowest BCUT2D eigenvalue weighted by Crippen LogP contribution is -2.25. The Morgan fingerprint density at radius 2 is 2.44 bits per heavy atom. The number of fused-ring (bicyclic) bond motifs is 1. The van der Waals surface area contributed by atoms with Crippen LogP contribution in [0.25, 0.3) is 0 Å². The predicted octanol–water partition coefficient (Wildman–Crippen LogP) is 1.62. The Labute approximate surface area is 107 Å². The molecule has 1 aliphatic rings. The normalized spacial score (nSPS) is 18.9. The number of hydrogen-bond donors (Lipinski definition) is 2. The van der Waals surface area contributed by atoms with Crippen molar-refractivity contribution in [2.75, 3.05) is 0 Å². The highest BCUT2D eigenvalue weighted by molar-refractivity contribution is 5.25. The van der Waals surface area contributed by atoms with Crippen molar-refractivity contribution in [1.29, 1.82) is 0 Å². The zero-order valence-corrected chi connectivity index (χ0v) is 10.9. The van der Waals surface area contributed by atoms with E-state index in [4.69, 9.17) is 0 Å². The van der Waals surface area contributed by atoms with Crippen molar-refractivity contribution in [2.45, 2.75) is 38.8 Å². The van der Waals surface area contributed by atoms with Crippen molar-refractivity contribution in [3.63, 3.8) is 0 Å². The summed E-state index contributed by atoms with van der Waals surface area (Å²) in [6.45, 7) is 2.87. The number of imidazole rings is 1. The molecule has 1 unspecified atom stereocenters. The number of nitrogens with one attached hydrogen (secondary N) is 2. The van der Waals surface area contributed by atoms with E-state index < -0.39 is 0 Å². The quantitative estimate of drug-likeness (QED) is 0.864. The number of H-pyrrole nitrogens is 1. The molecule has 2 heterocycles. The van der Waals surface area contributed by atoms with Crippen LogP contribution in [0.15, 0.2) is 12.5 Å². The number of aromatic amines is 1. The standard InChI is InChI=1S/C13H19N5/c1-9-12(16-8-15-9)7-14-11-4-3-5-13-10(11)6-17-18(13)2/h6,8,11,14H,3-5,7H2,1-2H3,(H,15,16). The minimum absolute atomic E-state index is 0.415. The van der Waals surface area contributed by atoms with Gasteiger partial charge >= 0.3 is 0 Å². The maximum atomic E-state index is 4.37. The minimum atomic E-state index is 0.415. The molecule has 0 saturated heterocycles. The largest absolute Gasteiger partial charge is 0.348 e. The zero-order chi connectivity index (χ0) is 12.5. The summed E-state index contributed by atoms with van der Waals surface area (Å²) in [4.78, 5) is 7.43. The Bertz CT molecular complexity index is 539. The van der Waals surface area contributed by atoms with E-state index in [0.29, 0.717) is 6.04 Å². The Hall–Kier alpha value is -1.62. The molecule has 0 fully saturated rings. The third-order valence-corrected chi connectivity index (χ3v) is 3.83. The number of aryl methyl sites for hydroxylation is 2. The number of nitrogens with zero attached hydrogens (tertiary/aromatic N) is 3. The lowest BCUT2D eigenvalue weighted by atomic mass is 9.93. The predicted molar refractivity (Wildman–Crippen MR) is 69.1 cm³/mol. The third kappa shape index (κ3) is 1.95. The highest BCUT2D eigenvalue weighted by Gasteiger charge is 2.23. The molecular weight excluding hydrogens is 226 g/mol. The molecule has 0 spiro atoms. The molecule has 0 radical (unpaired) electrons. The Morgan fingerprint density at radius 1 is 1.56 bits per heavy atom. The summed E-state index contributed by atoms with van der Waals surface area (Å²) in [5.41, 5.74) is 4.98. The van der Waals surface area contributed by atoms with Crippen LogP contribution in [0.4, 0.5) is 0 Å². The van der Waals surface area contributed by atoms with E-state index in [1.165, 1.54) is 24.1 Å². The van der Waals surface area contributed by atoms with Crippen molar-refractivity contribution in [3.8, 4) is 0 Å². The molecule has 2 aromatic rings. The average molecular weight is 245 g/mol. The molecule has 5 heteroatoms. The Kier molecular flexibility index (Phi) is 2.91. The molecule has 0 aromatic carbocycles. The molecule has 0 saturated carbocycles. The van der Waals surface area contributed by atoms with E-state index >= 15 is 0 Å². The first kappa shape index (κ1) is 11.5. The van der Waals surface area contributed by atoms with E-state index in [1.807, 2.05) is 17.9 Å². The van der Waals surface area contributed by atoms with Crippen LogP contribution in [0.1, 0.15) is 41.5 Å². The molecule has 0 aliphatic heterocycles. The van der Waals surface area contributed by atoms with Gasteiger partial charge in [-0.15, -0.1) is 0 Å². The summed E-state index contributed by atoms with van der Waals surface area (Å²) in [5, 5.41) is 7.96. The van der Waals surface area contributed by atoms with Gasteiger partial charge in [0.25, 0.3) is 0 Å². The van der Waals surface area contributed by atoms with E-state index in [-0.39, 0.29) is 0 Å². The van der Waals surface area contributed by atoms with Crippen molar-refractivity contribution in [3.05, 3.63) is 35.2 Å². The first-order valence-electron chi connectivity index (χ1n) is 6.48. The minimum Gasteiger partial charge on any atom is -0.348 e. The number of rotatable bonds is 3. The summed E-state index contributed by atoms with van der Waals surface area (Å²) >= 11 is 0. The van der Waals surface area contributed by atoms with E-state index in [0.717, 1.165) is 24.4 Å². The van der Waals surface area contributed by atoms with Gasteiger partial charge in [-0.1, -0.05) is 0 Å². The van der Waals surface area contributed by atoms with Crippen LogP contribution in [-0.2, 0) is 20.0 Å². The van der Waals surface area contributed by atoms with E-state index in [1.54, 1.807) is 6.33 Å². The topological polar surface area (TPSA) is 58.5 Å². The van der Waals surface area contributed by atoms with E-state index in [2.05, 4.69) is 27.3 Å². The summed E-state index contributed by atoms with van der Waals surface area (Å²) in [6.07, 6.45) is 7.31. The lowest BCUT2D eigenvalue weighted by Gasteiger charge is -2.23. The molecule has 1 atom stereocenters. The molecule has 5 nitrogen and oxygen atoms in total. The number of aromatic nitrogens is 4. The fourth-order valence-electron chi connectivity index (χ4n) is 2.70. The second kappa shape index (κ2) is 4.57. The van der Waals surface area contributed by atoms with Crippen LogP contribution in [0.5, 0.6) is 0 Å². The van der Waals surface area contributed by atoms with Gasteiger partial charge in [0.15, 0.2) is 0 Å². The van der Waals surface area contributed by atoms with Crippen LogP contribution in [-0.4, -0.2) is 19.7 Å². The second-order valence-electron chi connectivity index (χ2n) is 4.97. The lowest BCUT2D eigenvalue weighted by molar-refractivity contribution is 0.449. The summed E-state index contributed by atoms with van der Waals surface area (Å²) in [6, 6.07) is 0.415. The number of hydrogen-bond acceptors (Lipinski definition) is 3. The van der Waals surface area contributed by atoms with Gasteiger partial charge in [-0.2, -0.15) is 5.10 Å². The second-order valence-corrected chi connectivity index (χ2v) is 4.97. The van der Waals surface area contributed by atoms with Crippen LogP contribution >= 0.6 is 0 Å². The van der Waals surface area contributed by atoms with Crippen LogP contribution in [0.3, 0.4) is 0 Å². The van der Waals surface area contributed by atoms with Crippen molar-refractivity contribution in [2.24, 2.45) is 7.05 Å². The summed E-state index contributed by atoms with van der Waals surface area (Å²) < 4.78 is 2.00. The average Bonchev–Trinajstić information content (AvgIpc) is 2.95. The molecule has 3 rings (SSSR count). The smallest absolute Gasteiger partial charge is 0.0925 e. The van der Waals surface area contributed by atoms with Crippen LogP contribution in [0, 0.1) is 6.92 Å². The fourth-order valence-corrected chi connectivity index (χ4v) is 2.70. The van der Waals surface area contributed by atoms with Gasteiger partial charge < -0.3 is 10.3 Å². The van der Waals surface area contributed by atoms with Gasteiger partial charge in [-0.3, -0.25) is 4.68 Å². The first-order chi connectivity index (χ1) is 8.75. The molecule has 18 heavy (non-hydrogen) atoms. The van der Waals surface area contributed by atoms with Gasteiger partial charge in [0.1, 0.15) is 0 Å². The fraction of sp³-hybridized carbons (Fsp3) is 0.538. The van der Waals surface area contributed by atoms with E-state index in [9.17, 15) is 0 Å². The third-order valence-electron chi connectivity index (χ3n) is 3.83. The Morgan fingerprint density at radius 3 is 3.22 bits per heavy atom. The van der Waals surface area contributed by atoms with Crippen molar-refractivity contribution in [1.82, 2.24) is 25.1 Å². The Balaban J connectivity index is 1.73. The highest BCUT2D eigenvalue weighted by atomic mass is 15.3. The molecule has 0 bridgehead atoms. The van der Waals surface area contributed by atoms with Gasteiger partial charge in [0.2, 0.25) is 0 Å². The van der Waals surface area contributed by atoms with Gasteiger partial charge in [0.05, 0.1) is 18.2 Å². The van der Waals surface area contributed by atoms with Crippen molar-refractivity contribution < 1.29 is 0 Å². The zero-order valence-electron chi connectivity index (χ0n) is 10.9. The first-order valence-corrected chi connectivity index (χ1v) is 6.48. The van der Waals surface area contributed by atoms with Gasteiger partial charge in [-0.25, -0.2) is 4.98 Å². The van der Waals surface area contributed by atoms with Crippen LogP contribution < -0.4 is 5.32 Å².